The molecule has 3 N–H and O–H groups in total. The first-order chi connectivity index (χ1) is 26.5. The largest absolute Gasteiger partial charge is 0.466 e. The van der Waals surface area contributed by atoms with Crippen LogP contribution in [0.1, 0.15) is 232 Å². The number of ether oxygens (including phenoxy) is 1. The van der Waals surface area contributed by atoms with Crippen LogP contribution in [0.15, 0.2) is 36.5 Å². The fourth-order valence-corrected chi connectivity index (χ4v) is 6.80. The van der Waals surface area contributed by atoms with Crippen LogP contribution in [-0.2, 0) is 14.3 Å². The molecule has 2 atom stereocenters. The Balaban J connectivity index is 3.56. The van der Waals surface area contributed by atoms with E-state index in [-0.39, 0.29) is 18.5 Å². The summed E-state index contributed by atoms with van der Waals surface area (Å²) in [6.45, 7) is 4.81. The highest BCUT2D eigenvalue weighted by atomic mass is 16.5. The normalized spacial score (nSPS) is 13.0. The summed E-state index contributed by atoms with van der Waals surface area (Å²) in [4.78, 5) is 24.3. The van der Waals surface area contributed by atoms with Gasteiger partial charge in [0.25, 0.3) is 0 Å². The number of hydrogen-bond donors (Lipinski definition) is 3. The minimum Gasteiger partial charge on any atom is -0.466 e. The number of unbranched alkanes of at least 4 members (excludes halogenated alkanes) is 28. The lowest BCUT2D eigenvalue weighted by molar-refractivity contribution is -0.143. The molecule has 0 saturated carbocycles. The van der Waals surface area contributed by atoms with Gasteiger partial charge >= 0.3 is 5.97 Å². The van der Waals surface area contributed by atoms with Crippen molar-refractivity contribution in [1.82, 2.24) is 5.32 Å². The molecule has 0 aliphatic rings. The maximum Gasteiger partial charge on any atom is 0.305 e. The highest BCUT2D eigenvalue weighted by Gasteiger charge is 2.18. The van der Waals surface area contributed by atoms with Gasteiger partial charge in [-0.1, -0.05) is 192 Å². The van der Waals surface area contributed by atoms with E-state index in [4.69, 9.17) is 4.74 Å². The fraction of sp³-hybridized carbons (Fsp3) is 0.833. The second kappa shape index (κ2) is 43.8. The molecule has 6 heteroatoms. The number of allylic oxidation sites excluding steroid dienone is 5. The van der Waals surface area contributed by atoms with Gasteiger partial charge in [0.1, 0.15) is 0 Å². The second-order valence-electron chi connectivity index (χ2n) is 15.8. The number of carbonyl (C=O) groups is 2. The number of carbonyl (C=O) groups excluding carboxylic acids is 2. The van der Waals surface area contributed by atoms with Crippen molar-refractivity contribution < 1.29 is 24.5 Å². The number of rotatable bonds is 42. The van der Waals surface area contributed by atoms with E-state index in [2.05, 4.69) is 43.5 Å². The van der Waals surface area contributed by atoms with Crippen molar-refractivity contribution in [2.75, 3.05) is 13.2 Å². The molecule has 0 spiro atoms. The summed E-state index contributed by atoms with van der Waals surface area (Å²) in [5.41, 5.74) is 0. The van der Waals surface area contributed by atoms with E-state index in [9.17, 15) is 19.8 Å². The van der Waals surface area contributed by atoms with E-state index in [0.29, 0.717) is 19.4 Å². The van der Waals surface area contributed by atoms with Crippen LogP contribution < -0.4 is 5.32 Å². The highest BCUT2D eigenvalue weighted by Crippen LogP contribution is 2.14. The lowest BCUT2D eigenvalue weighted by atomic mass is 10.0. The number of aliphatic hydroxyl groups excluding tert-OH is 2. The Morgan fingerprint density at radius 1 is 0.519 bits per heavy atom. The van der Waals surface area contributed by atoms with Crippen LogP contribution in [-0.4, -0.2) is 47.4 Å². The van der Waals surface area contributed by atoms with Gasteiger partial charge in [0.05, 0.1) is 25.4 Å². The molecule has 0 aromatic carbocycles. The summed E-state index contributed by atoms with van der Waals surface area (Å²) in [5, 5.41) is 22.9. The molecule has 0 aromatic heterocycles. The van der Waals surface area contributed by atoms with Gasteiger partial charge in [-0.25, -0.2) is 0 Å². The minimum atomic E-state index is -0.856. The van der Waals surface area contributed by atoms with Crippen LogP contribution in [0.25, 0.3) is 0 Å². The van der Waals surface area contributed by atoms with E-state index < -0.39 is 12.1 Å². The Labute approximate surface area is 334 Å². The van der Waals surface area contributed by atoms with Crippen LogP contribution in [0, 0.1) is 0 Å². The van der Waals surface area contributed by atoms with Gasteiger partial charge < -0.3 is 20.3 Å². The van der Waals surface area contributed by atoms with Crippen molar-refractivity contribution in [2.45, 2.75) is 244 Å². The molecule has 0 radical (unpaired) electrons. The zero-order valence-corrected chi connectivity index (χ0v) is 35.7. The molecule has 54 heavy (non-hydrogen) atoms. The maximum atomic E-state index is 12.3. The monoisotopic (exact) mass is 760 g/mol. The molecule has 0 aromatic rings. The van der Waals surface area contributed by atoms with Crippen LogP contribution in [0.4, 0.5) is 0 Å². The molecule has 0 rings (SSSR count). The molecular weight excluding hydrogens is 671 g/mol. The maximum absolute atomic E-state index is 12.3. The van der Waals surface area contributed by atoms with Crippen LogP contribution in [0.2, 0.25) is 0 Å². The van der Waals surface area contributed by atoms with Gasteiger partial charge in [-0.3, -0.25) is 9.59 Å². The third-order valence-corrected chi connectivity index (χ3v) is 10.4. The number of amides is 1. The van der Waals surface area contributed by atoms with Crippen molar-refractivity contribution in [3.05, 3.63) is 36.5 Å². The number of hydrogen-bond acceptors (Lipinski definition) is 5. The predicted octanol–water partition coefficient (Wildman–Crippen LogP) is 13.3. The Bertz CT molecular complexity index is 884. The van der Waals surface area contributed by atoms with Crippen molar-refractivity contribution in [3.8, 4) is 0 Å². The van der Waals surface area contributed by atoms with Crippen molar-refractivity contribution in [2.24, 2.45) is 0 Å². The van der Waals surface area contributed by atoms with Gasteiger partial charge in [-0.2, -0.15) is 0 Å². The average Bonchev–Trinajstić information content (AvgIpc) is 3.17. The SMILES string of the molecule is CCCCCCCCCC/C=C/C(O)C(CO)NC(=O)CCCCCCCC/C=C\C=C/CCCCCOC(=O)CCCCCCCCCCCCCC. The summed E-state index contributed by atoms with van der Waals surface area (Å²) < 4.78 is 5.42. The lowest BCUT2D eigenvalue weighted by Crippen LogP contribution is -2.45. The minimum absolute atomic E-state index is 0.0234. The topological polar surface area (TPSA) is 95.9 Å². The summed E-state index contributed by atoms with van der Waals surface area (Å²) in [7, 11) is 0. The number of nitrogens with one attached hydrogen (secondary N) is 1. The smallest absolute Gasteiger partial charge is 0.305 e. The number of aliphatic hydroxyl groups is 2. The van der Waals surface area contributed by atoms with Crippen molar-refractivity contribution >= 4 is 11.9 Å². The third kappa shape index (κ3) is 39.8. The van der Waals surface area contributed by atoms with Gasteiger partial charge in [-0.05, 0) is 64.2 Å². The Hall–Kier alpha value is -1.92. The zero-order chi connectivity index (χ0) is 39.4. The molecule has 0 aliphatic heterocycles. The first kappa shape index (κ1) is 52.1. The van der Waals surface area contributed by atoms with Gasteiger partial charge in [0.2, 0.25) is 5.91 Å². The Morgan fingerprint density at radius 2 is 0.907 bits per heavy atom. The molecule has 0 fully saturated rings. The van der Waals surface area contributed by atoms with Gasteiger partial charge in [0.15, 0.2) is 0 Å². The van der Waals surface area contributed by atoms with E-state index in [1.807, 2.05) is 6.08 Å². The predicted molar refractivity (Wildman–Crippen MR) is 232 cm³/mol. The summed E-state index contributed by atoms with van der Waals surface area (Å²) in [5.74, 6) is -0.117. The average molecular weight is 760 g/mol. The second-order valence-corrected chi connectivity index (χ2v) is 15.8. The molecule has 0 aliphatic carbocycles. The number of esters is 1. The molecule has 0 saturated heterocycles. The van der Waals surface area contributed by atoms with Crippen LogP contribution in [0.5, 0.6) is 0 Å². The van der Waals surface area contributed by atoms with E-state index in [1.165, 1.54) is 128 Å². The summed E-state index contributed by atoms with van der Waals surface area (Å²) in [6, 6.07) is -0.642. The first-order valence-electron chi connectivity index (χ1n) is 23.3. The standard InChI is InChI=1S/C48H89NO5/c1-3-5-7-9-11-13-15-22-26-30-34-38-42-48(53)54-43-39-35-31-27-23-20-18-16-17-19-21-25-29-33-37-41-47(52)49-45(44-50)46(51)40-36-32-28-24-14-12-10-8-6-4-2/h16,18,20,23,36,40,45-46,50-51H,3-15,17,19,21-22,24-35,37-39,41-44H2,1-2H3,(H,49,52)/b18-16-,23-20-,40-36+. The van der Waals surface area contributed by atoms with Gasteiger partial charge in [-0.15, -0.1) is 0 Å². The molecule has 0 heterocycles. The van der Waals surface area contributed by atoms with E-state index in [1.54, 1.807) is 6.08 Å². The fourth-order valence-electron chi connectivity index (χ4n) is 6.80. The Kier molecular flexibility index (Phi) is 42.2. The molecular formula is C48H89NO5. The van der Waals surface area contributed by atoms with Gasteiger partial charge in [0, 0.05) is 12.8 Å². The molecule has 0 bridgehead atoms. The molecule has 316 valence electrons. The zero-order valence-electron chi connectivity index (χ0n) is 35.7. The molecule has 6 nitrogen and oxygen atoms in total. The first-order valence-corrected chi connectivity index (χ1v) is 23.3. The quantitative estimate of drug-likeness (QED) is 0.0249. The summed E-state index contributed by atoms with van der Waals surface area (Å²) >= 11 is 0. The van der Waals surface area contributed by atoms with Crippen LogP contribution >= 0.6 is 0 Å². The third-order valence-electron chi connectivity index (χ3n) is 10.4. The molecule has 2 unspecified atom stereocenters. The Morgan fingerprint density at radius 3 is 1.37 bits per heavy atom. The van der Waals surface area contributed by atoms with Crippen molar-refractivity contribution in [3.63, 3.8) is 0 Å². The van der Waals surface area contributed by atoms with E-state index in [0.717, 1.165) is 77.0 Å². The highest BCUT2D eigenvalue weighted by molar-refractivity contribution is 5.76. The summed E-state index contributed by atoms with van der Waals surface area (Å²) in [6.07, 6.45) is 51.4. The molecule has 1 amide bonds. The van der Waals surface area contributed by atoms with Crippen LogP contribution in [0.3, 0.4) is 0 Å². The van der Waals surface area contributed by atoms with E-state index >= 15 is 0 Å². The lowest BCUT2D eigenvalue weighted by Gasteiger charge is -2.20. The van der Waals surface area contributed by atoms with Crippen molar-refractivity contribution in [1.29, 1.82) is 0 Å².